The molecule has 2 atom stereocenters. The molecular formula is C25H24N4O4S. The van der Waals surface area contributed by atoms with Crippen molar-refractivity contribution >= 4 is 27.3 Å². The van der Waals surface area contributed by atoms with Gasteiger partial charge in [-0.25, -0.2) is 13.4 Å². The number of carbonyl (C=O) groups is 1. The Morgan fingerprint density at radius 1 is 1.06 bits per heavy atom. The number of hydrogen-bond acceptors (Lipinski definition) is 6. The highest BCUT2D eigenvalue weighted by atomic mass is 32.2. The third kappa shape index (κ3) is 3.52. The molecule has 0 fully saturated rings. The molecule has 1 amide bonds. The maximum atomic E-state index is 13.8. The highest BCUT2D eigenvalue weighted by Gasteiger charge is 2.47. The minimum Gasteiger partial charge on any atom is -0.497 e. The molecule has 3 heterocycles. The predicted octanol–water partition coefficient (Wildman–Crippen LogP) is 3.53. The van der Waals surface area contributed by atoms with Gasteiger partial charge < -0.3 is 4.74 Å². The summed E-state index contributed by atoms with van der Waals surface area (Å²) in [5.74, 6) is -0.0104. The summed E-state index contributed by atoms with van der Waals surface area (Å²) in [6.07, 6.45) is 3.32. The van der Waals surface area contributed by atoms with Gasteiger partial charge in [0.15, 0.2) is 0 Å². The number of fused-ring (bicyclic) bond motifs is 3. The van der Waals surface area contributed by atoms with E-state index in [4.69, 9.17) is 4.74 Å². The van der Waals surface area contributed by atoms with Crippen LogP contribution in [0, 0.1) is 12.8 Å². The van der Waals surface area contributed by atoms with Crippen LogP contribution in [0.25, 0.3) is 0 Å². The molecule has 1 aromatic heterocycles. The third-order valence-corrected chi connectivity index (χ3v) is 8.10. The van der Waals surface area contributed by atoms with E-state index < -0.39 is 16.1 Å². The van der Waals surface area contributed by atoms with Crippen LogP contribution in [-0.4, -0.2) is 43.7 Å². The average molecular weight is 477 g/mol. The number of pyridine rings is 1. The molecule has 3 aromatic rings. The minimum absolute atomic E-state index is 0.144. The number of hydrazone groups is 1. The van der Waals surface area contributed by atoms with Gasteiger partial charge in [-0.2, -0.15) is 5.10 Å². The van der Waals surface area contributed by atoms with E-state index in [0.29, 0.717) is 22.7 Å². The van der Waals surface area contributed by atoms with Crippen molar-refractivity contribution in [1.82, 2.24) is 9.99 Å². The second kappa shape index (κ2) is 8.25. The Kier molecular flexibility index (Phi) is 5.36. The highest BCUT2D eigenvalue weighted by Crippen LogP contribution is 2.45. The van der Waals surface area contributed by atoms with E-state index in [1.54, 1.807) is 62.0 Å². The third-order valence-electron chi connectivity index (χ3n) is 6.30. The van der Waals surface area contributed by atoms with Gasteiger partial charge in [0.2, 0.25) is 5.91 Å². The molecule has 0 radical (unpaired) electrons. The molecule has 9 heteroatoms. The SMILES string of the molecule is COc1ccc2c(c1)C1=NN(C(C)=O)C(c3ccncc3)C1CN2S(=O)(=O)c1ccc(C)cc1. The number of hydrogen-bond donors (Lipinski definition) is 0. The summed E-state index contributed by atoms with van der Waals surface area (Å²) in [6.45, 7) is 3.52. The maximum Gasteiger partial charge on any atom is 0.264 e. The number of nitrogens with zero attached hydrogens (tertiary/aromatic N) is 4. The van der Waals surface area contributed by atoms with Crippen LogP contribution in [0.15, 0.2) is 77.0 Å². The normalized spacial score (nSPS) is 19.3. The zero-order chi connectivity index (χ0) is 24.0. The molecule has 2 aliphatic heterocycles. The van der Waals surface area contributed by atoms with Crippen molar-refractivity contribution in [3.8, 4) is 5.75 Å². The first-order valence-electron chi connectivity index (χ1n) is 10.9. The number of rotatable bonds is 4. The summed E-state index contributed by atoms with van der Waals surface area (Å²) in [5.41, 5.74) is 3.63. The van der Waals surface area contributed by atoms with Crippen LogP contribution < -0.4 is 9.04 Å². The van der Waals surface area contributed by atoms with Crippen molar-refractivity contribution in [3.63, 3.8) is 0 Å². The summed E-state index contributed by atoms with van der Waals surface area (Å²) < 4.78 is 34.5. The van der Waals surface area contributed by atoms with Crippen LogP contribution in [0.4, 0.5) is 5.69 Å². The summed E-state index contributed by atoms with van der Waals surface area (Å²) >= 11 is 0. The van der Waals surface area contributed by atoms with Crippen LogP contribution in [0.3, 0.4) is 0 Å². The van der Waals surface area contributed by atoms with Crippen molar-refractivity contribution in [3.05, 3.63) is 83.7 Å². The molecule has 0 aliphatic carbocycles. The summed E-state index contributed by atoms with van der Waals surface area (Å²) in [5, 5.41) is 6.13. The summed E-state index contributed by atoms with van der Waals surface area (Å²) in [7, 11) is -2.32. The van der Waals surface area contributed by atoms with E-state index in [2.05, 4.69) is 10.1 Å². The molecule has 0 saturated heterocycles. The smallest absolute Gasteiger partial charge is 0.264 e. The molecule has 34 heavy (non-hydrogen) atoms. The van der Waals surface area contributed by atoms with E-state index in [0.717, 1.165) is 11.1 Å². The van der Waals surface area contributed by atoms with Gasteiger partial charge in [0.25, 0.3) is 10.0 Å². The Hall–Kier alpha value is -3.72. The van der Waals surface area contributed by atoms with Crippen LogP contribution in [0.5, 0.6) is 5.75 Å². The molecular weight excluding hydrogens is 452 g/mol. The second-order valence-electron chi connectivity index (χ2n) is 8.41. The predicted molar refractivity (Wildman–Crippen MR) is 128 cm³/mol. The van der Waals surface area contributed by atoms with Crippen molar-refractivity contribution in [2.45, 2.75) is 24.8 Å². The van der Waals surface area contributed by atoms with Gasteiger partial charge in [0, 0.05) is 37.3 Å². The Morgan fingerprint density at radius 2 is 1.76 bits per heavy atom. The Morgan fingerprint density at radius 3 is 2.41 bits per heavy atom. The molecule has 174 valence electrons. The molecule has 2 aliphatic rings. The molecule has 0 bridgehead atoms. The minimum atomic E-state index is -3.87. The van der Waals surface area contributed by atoms with Crippen molar-refractivity contribution in [1.29, 1.82) is 0 Å². The molecule has 2 unspecified atom stereocenters. The first-order chi connectivity index (χ1) is 16.3. The Bertz CT molecular complexity index is 1390. The lowest BCUT2D eigenvalue weighted by Gasteiger charge is -2.36. The first kappa shape index (κ1) is 22.1. The zero-order valence-electron chi connectivity index (χ0n) is 19.0. The second-order valence-corrected chi connectivity index (χ2v) is 10.3. The largest absolute Gasteiger partial charge is 0.497 e. The number of anilines is 1. The average Bonchev–Trinajstić information content (AvgIpc) is 3.24. The monoisotopic (exact) mass is 476 g/mol. The number of benzene rings is 2. The standard InChI is InChI=1S/C25H24N4O4S/c1-16-4-7-20(8-5-16)34(31,32)28-15-22-24(21-14-19(33-3)6-9-23(21)28)27-29(17(2)30)25(22)18-10-12-26-13-11-18/h4-14,22,25H,15H2,1-3H3. The van der Waals surface area contributed by atoms with Gasteiger partial charge in [0.05, 0.1) is 29.4 Å². The fourth-order valence-electron chi connectivity index (χ4n) is 4.62. The van der Waals surface area contributed by atoms with Crippen LogP contribution in [0.1, 0.15) is 29.7 Å². The lowest BCUT2D eigenvalue weighted by molar-refractivity contribution is -0.131. The summed E-state index contributed by atoms with van der Waals surface area (Å²) in [4.78, 5) is 16.9. The van der Waals surface area contributed by atoms with Crippen molar-refractivity contribution in [2.75, 3.05) is 18.0 Å². The number of sulfonamides is 1. The maximum absolute atomic E-state index is 13.8. The number of carbonyl (C=O) groups excluding carboxylic acids is 1. The van der Waals surface area contributed by atoms with Gasteiger partial charge >= 0.3 is 0 Å². The van der Waals surface area contributed by atoms with Gasteiger partial charge in [-0.05, 0) is 55.0 Å². The highest BCUT2D eigenvalue weighted by molar-refractivity contribution is 7.92. The lowest BCUT2D eigenvalue weighted by atomic mass is 9.84. The van der Waals surface area contributed by atoms with Gasteiger partial charge in [0.1, 0.15) is 5.75 Å². The van der Waals surface area contributed by atoms with E-state index in [9.17, 15) is 13.2 Å². The van der Waals surface area contributed by atoms with E-state index in [-0.39, 0.29) is 23.3 Å². The van der Waals surface area contributed by atoms with E-state index in [1.807, 2.05) is 19.1 Å². The topological polar surface area (TPSA) is 92.2 Å². The molecule has 8 nitrogen and oxygen atoms in total. The van der Waals surface area contributed by atoms with Crippen molar-refractivity contribution < 1.29 is 17.9 Å². The molecule has 0 N–H and O–H groups in total. The van der Waals surface area contributed by atoms with Crippen LogP contribution in [-0.2, 0) is 14.8 Å². The fourth-order valence-corrected chi connectivity index (χ4v) is 6.13. The number of ether oxygens (including phenoxy) is 1. The zero-order valence-corrected chi connectivity index (χ0v) is 19.9. The van der Waals surface area contributed by atoms with E-state index in [1.165, 1.54) is 16.2 Å². The quantitative estimate of drug-likeness (QED) is 0.574. The van der Waals surface area contributed by atoms with Gasteiger partial charge in [-0.1, -0.05) is 17.7 Å². The Balaban J connectivity index is 1.69. The molecule has 2 aromatic carbocycles. The lowest BCUT2D eigenvalue weighted by Crippen LogP contribution is -2.44. The Labute approximate surface area is 198 Å². The molecule has 0 spiro atoms. The van der Waals surface area contributed by atoms with Crippen LogP contribution >= 0.6 is 0 Å². The number of aromatic nitrogens is 1. The molecule has 0 saturated carbocycles. The van der Waals surface area contributed by atoms with E-state index >= 15 is 0 Å². The summed E-state index contributed by atoms with van der Waals surface area (Å²) in [6, 6.07) is 15.3. The number of amides is 1. The van der Waals surface area contributed by atoms with Crippen LogP contribution in [0.2, 0.25) is 0 Å². The number of methoxy groups -OCH3 is 1. The number of aryl methyl sites for hydroxylation is 1. The fraction of sp³-hybridized carbons (Fsp3) is 0.240. The van der Waals surface area contributed by atoms with Gasteiger partial charge in [-0.3, -0.25) is 14.1 Å². The van der Waals surface area contributed by atoms with Gasteiger partial charge in [-0.15, -0.1) is 0 Å². The first-order valence-corrected chi connectivity index (χ1v) is 12.3. The molecule has 5 rings (SSSR count). The van der Waals surface area contributed by atoms with Crippen molar-refractivity contribution in [2.24, 2.45) is 11.0 Å².